The molecule has 0 spiro atoms. The molecule has 0 bridgehead atoms. The summed E-state index contributed by atoms with van der Waals surface area (Å²) in [5.74, 6) is 1.16. The predicted octanol–water partition coefficient (Wildman–Crippen LogP) is 7.87. The van der Waals surface area contributed by atoms with E-state index in [1.165, 1.54) is 14.2 Å². The first-order valence-electron chi connectivity index (χ1n) is 22.2. The Balaban J connectivity index is 0.856. The number of amides is 2. The highest BCUT2D eigenvalue weighted by atomic mass is 32.2. The van der Waals surface area contributed by atoms with Gasteiger partial charge in [0.2, 0.25) is 0 Å². The standard InChI is InChI=1S/C51H49N5O10S2/c1-5-67(59,60)40-14-10-32(11-15-40)34-18-20-55-38(22-34)28-52-44-26-48(46(63-3)24-42(44)50(55)57)65-30-36-8-7-9-37(54-36)31-66-49-27-45-43(25-47(49)64-4)51(58)56-21-19-35(23-39(56)29-53-45)33-12-16-41(17-13-33)68(61,62)6-2/h7-19,24-29,38-39H,5-6,20-23,30-31H2,1-4H3/t38-,39-/m0/s1. The summed E-state index contributed by atoms with van der Waals surface area (Å²) < 4.78 is 73.2. The Labute approximate surface area is 395 Å². The number of sulfone groups is 2. The number of benzene rings is 4. The number of hydrogen-bond acceptors (Lipinski definition) is 13. The first-order chi connectivity index (χ1) is 32.8. The third-order valence-electron chi connectivity index (χ3n) is 12.6. The number of rotatable bonds is 14. The minimum absolute atomic E-state index is 0.0271. The van der Waals surface area contributed by atoms with Gasteiger partial charge < -0.3 is 28.7 Å². The number of ether oxygens (including phenoxy) is 4. The molecular formula is C51H49N5O10S2. The lowest BCUT2D eigenvalue weighted by atomic mass is 9.94. The maximum absolute atomic E-state index is 13.9. The van der Waals surface area contributed by atoms with Crippen molar-refractivity contribution in [3.63, 3.8) is 0 Å². The fraction of sp³-hybridized carbons (Fsp3) is 0.275. The molecular weight excluding hydrogens is 907 g/mol. The zero-order valence-corrected chi connectivity index (χ0v) is 39.5. The molecule has 350 valence electrons. The third kappa shape index (κ3) is 9.15. The minimum Gasteiger partial charge on any atom is -0.493 e. The van der Waals surface area contributed by atoms with Crippen LogP contribution in [0.2, 0.25) is 0 Å². The Hall–Kier alpha value is -7.11. The molecule has 17 heteroatoms. The van der Waals surface area contributed by atoms with Crippen molar-refractivity contribution in [2.45, 2.75) is 61.8 Å². The molecule has 4 aliphatic rings. The molecule has 0 aliphatic carbocycles. The van der Waals surface area contributed by atoms with Gasteiger partial charge in [0.05, 0.1) is 81.5 Å². The van der Waals surface area contributed by atoms with Crippen LogP contribution >= 0.6 is 0 Å². The van der Waals surface area contributed by atoms with E-state index in [2.05, 4.69) is 0 Å². The van der Waals surface area contributed by atoms with Crippen molar-refractivity contribution < 1.29 is 45.4 Å². The van der Waals surface area contributed by atoms with Crippen LogP contribution in [0.1, 0.15) is 69.9 Å². The highest BCUT2D eigenvalue weighted by molar-refractivity contribution is 7.91. The molecule has 0 fully saturated rings. The Kier molecular flexibility index (Phi) is 12.8. The average molecular weight is 956 g/mol. The Morgan fingerprint density at radius 3 is 1.37 bits per heavy atom. The van der Waals surface area contributed by atoms with Gasteiger partial charge in [-0.25, -0.2) is 16.8 Å². The Morgan fingerprint density at radius 1 is 0.574 bits per heavy atom. The van der Waals surface area contributed by atoms with Crippen molar-refractivity contribution in [3.8, 4) is 23.0 Å². The van der Waals surface area contributed by atoms with E-state index in [0.29, 0.717) is 82.8 Å². The summed E-state index contributed by atoms with van der Waals surface area (Å²) in [5, 5.41) is 0. The van der Waals surface area contributed by atoms with Crippen LogP contribution in [0.15, 0.2) is 123 Å². The van der Waals surface area contributed by atoms with E-state index in [1.54, 1.807) is 109 Å². The smallest absolute Gasteiger partial charge is 0.257 e. The second kappa shape index (κ2) is 18.9. The molecule has 0 N–H and O–H groups in total. The number of carbonyl (C=O) groups is 2. The highest BCUT2D eigenvalue weighted by Gasteiger charge is 2.34. The van der Waals surface area contributed by atoms with E-state index in [9.17, 15) is 26.4 Å². The topological polar surface area (TPSA) is 183 Å². The number of aliphatic imine (C=N–C) groups is 2. The van der Waals surface area contributed by atoms with Crippen LogP contribution in [0.25, 0.3) is 11.1 Å². The quantitative estimate of drug-likeness (QED) is 0.106. The summed E-state index contributed by atoms with van der Waals surface area (Å²) in [7, 11) is -3.62. The van der Waals surface area contributed by atoms with E-state index in [0.717, 1.165) is 22.3 Å². The molecule has 0 unspecified atom stereocenters. The van der Waals surface area contributed by atoms with Crippen LogP contribution in [-0.2, 0) is 32.9 Å². The van der Waals surface area contributed by atoms with E-state index >= 15 is 0 Å². The Bertz CT molecular complexity index is 2960. The SMILES string of the molecule is CCS(=O)(=O)c1ccc(C2=CCN3C(=O)c4cc(OC)c(OCc5cccc(COc6cc7c(cc6OC)C(=O)N6CC=C(c8ccc(S(=O)(=O)CC)cc8)C[C@H]6C=N7)n5)cc4N=C[C@@H]3C2)cc1. The van der Waals surface area contributed by atoms with E-state index in [-0.39, 0.29) is 58.4 Å². The number of fused-ring (bicyclic) bond motifs is 4. The summed E-state index contributed by atoms with van der Waals surface area (Å²) in [5.41, 5.74) is 6.65. The van der Waals surface area contributed by atoms with Crippen LogP contribution in [0, 0.1) is 0 Å². The van der Waals surface area contributed by atoms with Gasteiger partial charge in [-0.2, -0.15) is 0 Å². The van der Waals surface area contributed by atoms with Gasteiger partial charge in [-0.1, -0.05) is 56.3 Å². The summed E-state index contributed by atoms with van der Waals surface area (Å²) >= 11 is 0. The normalized spacial score (nSPS) is 17.7. The van der Waals surface area contributed by atoms with Crippen molar-refractivity contribution >= 4 is 66.4 Å². The molecule has 4 aromatic carbocycles. The number of aromatic nitrogens is 1. The highest BCUT2D eigenvalue weighted by Crippen LogP contribution is 2.41. The molecule has 1 aromatic heterocycles. The molecule has 15 nitrogen and oxygen atoms in total. The van der Waals surface area contributed by atoms with Crippen LogP contribution in [0.3, 0.4) is 0 Å². The lowest BCUT2D eigenvalue weighted by Gasteiger charge is -2.32. The van der Waals surface area contributed by atoms with Gasteiger partial charge in [-0.05, 0) is 83.6 Å². The maximum atomic E-state index is 13.9. The van der Waals surface area contributed by atoms with Crippen molar-refractivity contribution in [2.24, 2.45) is 9.98 Å². The van der Waals surface area contributed by atoms with Crippen molar-refractivity contribution in [1.82, 2.24) is 14.8 Å². The first-order valence-corrected chi connectivity index (χ1v) is 25.5. The molecule has 2 amide bonds. The molecule has 5 aromatic rings. The lowest BCUT2D eigenvalue weighted by molar-refractivity contribution is 0.0740. The molecule has 9 rings (SSSR count). The average Bonchev–Trinajstić information content (AvgIpc) is 3.59. The van der Waals surface area contributed by atoms with E-state index < -0.39 is 19.7 Å². The van der Waals surface area contributed by atoms with Gasteiger partial charge in [0, 0.05) is 37.7 Å². The van der Waals surface area contributed by atoms with Gasteiger partial charge in [-0.3, -0.25) is 24.6 Å². The van der Waals surface area contributed by atoms with Crippen molar-refractivity contribution in [1.29, 1.82) is 0 Å². The zero-order chi connectivity index (χ0) is 47.7. The molecule has 0 saturated heterocycles. The second-order valence-electron chi connectivity index (χ2n) is 16.6. The van der Waals surface area contributed by atoms with Crippen LogP contribution in [-0.4, -0.2) is 107 Å². The Morgan fingerprint density at radius 2 is 0.985 bits per heavy atom. The lowest BCUT2D eigenvalue weighted by Crippen LogP contribution is -2.43. The zero-order valence-electron chi connectivity index (χ0n) is 37.9. The molecule has 0 radical (unpaired) electrons. The second-order valence-corrected chi connectivity index (χ2v) is 21.1. The maximum Gasteiger partial charge on any atom is 0.257 e. The number of carbonyl (C=O) groups excluding carboxylic acids is 2. The fourth-order valence-corrected chi connectivity index (χ4v) is 10.4. The van der Waals surface area contributed by atoms with Gasteiger partial charge in [0.1, 0.15) is 13.2 Å². The van der Waals surface area contributed by atoms with Crippen molar-refractivity contribution in [2.75, 3.05) is 38.8 Å². The summed E-state index contributed by atoms with van der Waals surface area (Å²) in [6.07, 6.45) is 8.54. The molecule has 0 saturated carbocycles. The van der Waals surface area contributed by atoms with Crippen LogP contribution in [0.4, 0.5) is 11.4 Å². The monoisotopic (exact) mass is 955 g/mol. The summed E-state index contributed by atoms with van der Waals surface area (Å²) in [4.78, 5) is 46.2. The van der Waals surface area contributed by atoms with Crippen molar-refractivity contribution in [3.05, 3.63) is 137 Å². The molecule has 2 atom stereocenters. The number of nitrogens with zero attached hydrogens (tertiary/aromatic N) is 5. The molecule has 4 aliphatic heterocycles. The van der Waals surface area contributed by atoms with Gasteiger partial charge in [0.25, 0.3) is 11.8 Å². The van der Waals surface area contributed by atoms with Crippen LogP contribution < -0.4 is 18.9 Å². The fourth-order valence-electron chi connectivity index (χ4n) is 8.65. The summed E-state index contributed by atoms with van der Waals surface area (Å²) in [6.45, 7) is 4.09. The van der Waals surface area contributed by atoms with E-state index in [4.69, 9.17) is 33.9 Å². The molecule has 5 heterocycles. The van der Waals surface area contributed by atoms with Gasteiger partial charge >= 0.3 is 0 Å². The number of pyridine rings is 1. The number of hydrogen-bond donors (Lipinski definition) is 0. The third-order valence-corrected chi connectivity index (χ3v) is 16.1. The largest absolute Gasteiger partial charge is 0.493 e. The first kappa shape index (κ1) is 46.0. The van der Waals surface area contributed by atoms with Gasteiger partial charge in [0.15, 0.2) is 42.7 Å². The molecule has 68 heavy (non-hydrogen) atoms. The number of methoxy groups -OCH3 is 2. The van der Waals surface area contributed by atoms with Crippen LogP contribution in [0.5, 0.6) is 23.0 Å². The van der Waals surface area contributed by atoms with Gasteiger partial charge in [-0.15, -0.1) is 0 Å². The summed E-state index contributed by atoms with van der Waals surface area (Å²) in [6, 6.07) is 25.3. The minimum atomic E-state index is -3.32. The predicted molar refractivity (Wildman–Crippen MR) is 258 cm³/mol. The van der Waals surface area contributed by atoms with E-state index in [1.807, 2.05) is 30.4 Å².